The van der Waals surface area contributed by atoms with Crippen LogP contribution in [0.1, 0.15) is 54.4 Å². The van der Waals surface area contributed by atoms with Crippen LogP contribution < -0.4 is 0 Å². The molecular formula is C13H27NO2. The molecule has 96 valence electrons. The van der Waals surface area contributed by atoms with E-state index >= 15 is 0 Å². The maximum Gasteiger partial charge on any atom is 0.0610 e. The molecule has 0 spiro atoms. The first kappa shape index (κ1) is 13.9. The highest BCUT2D eigenvalue weighted by atomic mass is 16.3. The van der Waals surface area contributed by atoms with Gasteiger partial charge in [0.15, 0.2) is 0 Å². The Labute approximate surface area is 99.5 Å². The highest BCUT2D eigenvalue weighted by molar-refractivity contribution is 5.05. The quantitative estimate of drug-likeness (QED) is 0.758. The fraction of sp³-hybridized carbons (Fsp3) is 1.00. The molecule has 3 nitrogen and oxygen atoms in total. The van der Waals surface area contributed by atoms with Crippen LogP contribution in [0, 0.1) is 0 Å². The largest absolute Gasteiger partial charge is 0.394 e. The molecule has 0 amide bonds. The summed E-state index contributed by atoms with van der Waals surface area (Å²) in [5.41, 5.74) is -0.437. The molecule has 0 radical (unpaired) electrons. The smallest absolute Gasteiger partial charge is 0.0610 e. The summed E-state index contributed by atoms with van der Waals surface area (Å²) in [7, 11) is 0. The van der Waals surface area contributed by atoms with Gasteiger partial charge in [-0.3, -0.25) is 4.90 Å². The van der Waals surface area contributed by atoms with Crippen LogP contribution in [0.4, 0.5) is 0 Å². The van der Waals surface area contributed by atoms with Crippen molar-refractivity contribution in [2.24, 2.45) is 0 Å². The first-order valence-corrected chi connectivity index (χ1v) is 6.12. The third-order valence-corrected chi connectivity index (χ3v) is 3.67. The summed E-state index contributed by atoms with van der Waals surface area (Å²) < 4.78 is 0. The molecule has 1 rings (SSSR count). The van der Waals surface area contributed by atoms with Crippen LogP contribution in [0.3, 0.4) is 0 Å². The molecule has 1 fully saturated rings. The second kappa shape index (κ2) is 3.97. The Morgan fingerprint density at radius 3 is 1.81 bits per heavy atom. The van der Waals surface area contributed by atoms with Crippen LogP contribution in [0.25, 0.3) is 0 Å². The average molecular weight is 229 g/mol. The van der Waals surface area contributed by atoms with E-state index < -0.39 is 0 Å². The van der Waals surface area contributed by atoms with Crippen molar-refractivity contribution in [3.63, 3.8) is 0 Å². The second-order valence-corrected chi connectivity index (χ2v) is 6.99. The maximum atomic E-state index is 9.95. The van der Waals surface area contributed by atoms with Crippen LogP contribution >= 0.6 is 0 Å². The molecule has 2 N–H and O–H groups in total. The molecule has 0 bridgehead atoms. The Kier molecular flexibility index (Phi) is 3.46. The Bertz CT molecular complexity index is 241. The van der Waals surface area contributed by atoms with Gasteiger partial charge in [-0.15, -0.1) is 0 Å². The molecule has 0 unspecified atom stereocenters. The standard InChI is InChI=1S/C13H27NO2/c1-11(2)7-10(16)8-12(3,4)14(11)13(5,6)9-15/h10,15-16H,7-9H2,1-6H3. The fourth-order valence-corrected chi connectivity index (χ4v) is 3.94. The summed E-state index contributed by atoms with van der Waals surface area (Å²) in [6.07, 6.45) is 1.29. The van der Waals surface area contributed by atoms with Crippen molar-refractivity contribution >= 4 is 0 Å². The summed E-state index contributed by atoms with van der Waals surface area (Å²) in [6, 6.07) is 0. The molecule has 0 saturated carbocycles. The molecule has 1 aliphatic rings. The SMILES string of the molecule is CC(C)(CO)N1C(C)(C)CC(O)CC1(C)C. The van der Waals surface area contributed by atoms with Crippen molar-refractivity contribution in [3.8, 4) is 0 Å². The topological polar surface area (TPSA) is 43.7 Å². The minimum absolute atomic E-state index is 0.0899. The minimum atomic E-state index is -0.257. The number of nitrogens with zero attached hydrogens (tertiary/aromatic N) is 1. The first-order chi connectivity index (χ1) is 7.03. The van der Waals surface area contributed by atoms with Crippen molar-refractivity contribution in [3.05, 3.63) is 0 Å². The third-order valence-electron chi connectivity index (χ3n) is 3.67. The monoisotopic (exact) mass is 229 g/mol. The van der Waals surface area contributed by atoms with Crippen LogP contribution in [0.15, 0.2) is 0 Å². The Hall–Kier alpha value is -0.120. The predicted octanol–water partition coefficient (Wildman–Crippen LogP) is 1.77. The Balaban J connectivity index is 3.11. The summed E-state index contributed by atoms with van der Waals surface area (Å²) in [4.78, 5) is 2.36. The zero-order valence-electron chi connectivity index (χ0n) is 11.5. The van der Waals surface area contributed by atoms with E-state index in [0.717, 1.165) is 12.8 Å². The molecule has 0 aromatic rings. The van der Waals surface area contributed by atoms with Crippen LogP contribution in [0.5, 0.6) is 0 Å². The van der Waals surface area contributed by atoms with E-state index in [9.17, 15) is 10.2 Å². The van der Waals surface area contributed by atoms with Crippen LogP contribution in [-0.4, -0.2) is 44.4 Å². The number of aliphatic hydroxyl groups is 2. The van der Waals surface area contributed by atoms with E-state index in [-0.39, 0.29) is 29.3 Å². The first-order valence-electron chi connectivity index (χ1n) is 6.12. The Morgan fingerprint density at radius 2 is 1.50 bits per heavy atom. The van der Waals surface area contributed by atoms with Crippen molar-refractivity contribution in [1.82, 2.24) is 4.90 Å². The summed E-state index contributed by atoms with van der Waals surface area (Å²) >= 11 is 0. The van der Waals surface area contributed by atoms with E-state index in [4.69, 9.17) is 0 Å². The molecule has 16 heavy (non-hydrogen) atoms. The lowest BCUT2D eigenvalue weighted by Crippen LogP contribution is -2.69. The van der Waals surface area contributed by atoms with E-state index in [1.54, 1.807) is 0 Å². The summed E-state index contributed by atoms with van der Waals surface area (Å²) in [5.74, 6) is 0. The molecule has 1 saturated heterocycles. The third kappa shape index (κ3) is 2.41. The van der Waals surface area contributed by atoms with Crippen molar-refractivity contribution < 1.29 is 10.2 Å². The summed E-state index contributed by atoms with van der Waals surface area (Å²) in [6.45, 7) is 12.9. The van der Waals surface area contributed by atoms with Gasteiger partial charge in [0.25, 0.3) is 0 Å². The lowest BCUT2D eigenvalue weighted by molar-refractivity contribution is -0.142. The number of hydrogen-bond donors (Lipinski definition) is 2. The van der Waals surface area contributed by atoms with Gasteiger partial charge in [-0.1, -0.05) is 0 Å². The van der Waals surface area contributed by atoms with Crippen LogP contribution in [-0.2, 0) is 0 Å². The van der Waals surface area contributed by atoms with E-state index in [1.807, 2.05) is 0 Å². The zero-order valence-corrected chi connectivity index (χ0v) is 11.5. The zero-order chi connectivity index (χ0) is 12.8. The molecule has 1 heterocycles. The molecular weight excluding hydrogens is 202 g/mol. The maximum absolute atomic E-state index is 9.95. The fourth-order valence-electron chi connectivity index (χ4n) is 3.94. The summed E-state index contributed by atoms with van der Waals surface area (Å²) in [5, 5.41) is 19.5. The van der Waals surface area contributed by atoms with Crippen molar-refractivity contribution in [2.45, 2.75) is 77.1 Å². The molecule has 0 aliphatic carbocycles. The molecule has 0 aromatic heterocycles. The lowest BCUT2D eigenvalue weighted by atomic mass is 9.74. The second-order valence-electron chi connectivity index (χ2n) is 6.99. The molecule has 3 heteroatoms. The molecule has 0 atom stereocenters. The van der Waals surface area contributed by atoms with Gasteiger partial charge in [-0.25, -0.2) is 0 Å². The van der Waals surface area contributed by atoms with Gasteiger partial charge < -0.3 is 10.2 Å². The molecule has 1 aliphatic heterocycles. The number of hydrogen-bond acceptors (Lipinski definition) is 3. The van der Waals surface area contributed by atoms with Gasteiger partial charge >= 0.3 is 0 Å². The highest BCUT2D eigenvalue weighted by Gasteiger charge is 2.50. The van der Waals surface area contributed by atoms with Gasteiger partial charge in [0.05, 0.1) is 12.7 Å². The minimum Gasteiger partial charge on any atom is -0.394 e. The number of likely N-dealkylation sites (tertiary alicyclic amines) is 1. The van der Waals surface area contributed by atoms with E-state index in [0.29, 0.717) is 0 Å². The average Bonchev–Trinajstić information content (AvgIpc) is 1.96. The van der Waals surface area contributed by atoms with Crippen molar-refractivity contribution in [2.75, 3.05) is 6.61 Å². The Morgan fingerprint density at radius 1 is 1.12 bits per heavy atom. The lowest BCUT2D eigenvalue weighted by Gasteiger charge is -2.60. The van der Waals surface area contributed by atoms with Gasteiger partial charge in [0.2, 0.25) is 0 Å². The number of piperidine rings is 1. The normalized spacial score (nSPS) is 27.0. The van der Waals surface area contributed by atoms with E-state index in [2.05, 4.69) is 46.4 Å². The van der Waals surface area contributed by atoms with E-state index in [1.165, 1.54) is 0 Å². The van der Waals surface area contributed by atoms with Gasteiger partial charge in [-0.05, 0) is 54.4 Å². The predicted molar refractivity (Wildman–Crippen MR) is 66.4 cm³/mol. The number of rotatable bonds is 2. The molecule has 0 aromatic carbocycles. The van der Waals surface area contributed by atoms with Gasteiger partial charge in [-0.2, -0.15) is 0 Å². The van der Waals surface area contributed by atoms with Gasteiger partial charge in [0, 0.05) is 16.6 Å². The number of aliphatic hydroxyl groups excluding tert-OH is 2. The van der Waals surface area contributed by atoms with Crippen LogP contribution in [0.2, 0.25) is 0 Å². The van der Waals surface area contributed by atoms with Gasteiger partial charge in [0.1, 0.15) is 0 Å². The highest BCUT2D eigenvalue weighted by Crippen LogP contribution is 2.43. The van der Waals surface area contributed by atoms with Crippen molar-refractivity contribution in [1.29, 1.82) is 0 Å².